The molecule has 0 bridgehead atoms. The van der Waals surface area contributed by atoms with Crippen LogP contribution in [-0.2, 0) is 29.2 Å². The second-order valence-electron chi connectivity index (χ2n) is 9.55. The molecule has 4 aromatic rings. The van der Waals surface area contributed by atoms with Gasteiger partial charge in [-0.15, -0.1) is 0 Å². The molecule has 0 spiro atoms. The fraction of sp³-hybridized carbons (Fsp3) is 0.333. The minimum atomic E-state index is -1.07. The van der Waals surface area contributed by atoms with E-state index in [1.54, 1.807) is 27.0 Å². The number of furan rings is 1. The van der Waals surface area contributed by atoms with Gasteiger partial charge in [0.15, 0.2) is 5.60 Å². The highest BCUT2D eigenvalue weighted by Crippen LogP contribution is 2.27. The molecule has 0 aliphatic heterocycles. The molecule has 194 valence electrons. The Labute approximate surface area is 218 Å². The van der Waals surface area contributed by atoms with Gasteiger partial charge in [-0.05, 0) is 76.1 Å². The van der Waals surface area contributed by atoms with E-state index in [9.17, 15) is 4.79 Å². The Balaban J connectivity index is 1.52. The number of ether oxygens (including phenoxy) is 2. The number of aromatic nitrogens is 1. The Kier molecular flexibility index (Phi) is 8.14. The van der Waals surface area contributed by atoms with Crippen molar-refractivity contribution in [1.82, 2.24) is 9.88 Å². The Bertz CT molecular complexity index is 1310. The third-order valence-electron chi connectivity index (χ3n) is 6.02. The zero-order valence-electron chi connectivity index (χ0n) is 22.1. The van der Waals surface area contributed by atoms with Gasteiger partial charge in [0, 0.05) is 18.7 Å². The quantitative estimate of drug-likeness (QED) is 0.217. The molecule has 4 rings (SSSR count). The average Bonchev–Trinajstić information content (AvgIpc) is 3.51. The molecule has 0 saturated carbocycles. The highest BCUT2D eigenvalue weighted by molar-refractivity contribution is 5.79. The molecule has 0 fully saturated rings. The zero-order chi connectivity index (χ0) is 26.4. The summed E-state index contributed by atoms with van der Waals surface area (Å²) in [4.78, 5) is 19.3. The summed E-state index contributed by atoms with van der Waals surface area (Å²) < 4.78 is 22.8. The van der Waals surface area contributed by atoms with Gasteiger partial charge in [-0.3, -0.25) is 4.90 Å². The number of carbonyl (C=O) groups is 1. The minimum absolute atomic E-state index is 0.312. The first-order chi connectivity index (χ1) is 17.7. The third kappa shape index (κ3) is 6.68. The molecule has 0 N–H and O–H groups in total. The lowest BCUT2D eigenvalue weighted by Crippen LogP contribution is -2.39. The van der Waals surface area contributed by atoms with Crippen LogP contribution in [0.15, 0.2) is 75.8 Å². The highest BCUT2D eigenvalue weighted by atomic mass is 16.6. The lowest BCUT2D eigenvalue weighted by Gasteiger charge is -2.26. The number of benzene rings is 2. The molecule has 0 unspecified atom stereocenters. The molecule has 0 aliphatic carbocycles. The van der Waals surface area contributed by atoms with Crippen molar-refractivity contribution in [1.29, 1.82) is 0 Å². The van der Waals surface area contributed by atoms with Crippen LogP contribution < -0.4 is 4.74 Å². The molecule has 2 aromatic heterocycles. The van der Waals surface area contributed by atoms with Crippen molar-refractivity contribution >= 4 is 5.97 Å². The van der Waals surface area contributed by atoms with Gasteiger partial charge in [-0.1, -0.05) is 30.3 Å². The summed E-state index contributed by atoms with van der Waals surface area (Å²) in [6, 6.07) is 19.8. The Morgan fingerprint density at radius 2 is 1.78 bits per heavy atom. The maximum Gasteiger partial charge on any atom is 0.349 e. The molecule has 37 heavy (non-hydrogen) atoms. The summed E-state index contributed by atoms with van der Waals surface area (Å²) in [5.74, 6) is 2.55. The third-order valence-corrected chi connectivity index (χ3v) is 6.02. The number of hydrogen-bond donors (Lipinski definition) is 0. The van der Waals surface area contributed by atoms with Gasteiger partial charge < -0.3 is 18.3 Å². The molecular weight excluding hydrogens is 468 g/mol. The standard InChI is InChI=1S/C30H34N2O5/c1-6-34-29(33)30(4,5)37-27-15-14-23(17-21(27)2)18-32(19-25-13-10-16-35-25)20-26-22(3)36-28(31-26)24-11-8-7-9-12-24/h7-17H,6,18-20H2,1-5H3. The number of hydrogen-bond acceptors (Lipinski definition) is 7. The molecule has 0 atom stereocenters. The SMILES string of the molecule is CCOC(=O)C(C)(C)Oc1ccc(CN(Cc2ccco2)Cc2nc(-c3ccccc3)oc2C)cc1C. The normalized spacial score (nSPS) is 11.6. The van der Waals surface area contributed by atoms with Crippen molar-refractivity contribution in [2.75, 3.05) is 6.61 Å². The van der Waals surface area contributed by atoms with Crippen molar-refractivity contribution in [3.63, 3.8) is 0 Å². The van der Waals surface area contributed by atoms with E-state index in [1.807, 2.05) is 68.4 Å². The number of carbonyl (C=O) groups excluding carboxylic acids is 1. The first-order valence-electron chi connectivity index (χ1n) is 12.5. The monoisotopic (exact) mass is 502 g/mol. The van der Waals surface area contributed by atoms with Crippen LogP contribution in [0.1, 0.15) is 49.1 Å². The Morgan fingerprint density at radius 1 is 1.00 bits per heavy atom. The van der Waals surface area contributed by atoms with Crippen molar-refractivity contribution < 1.29 is 23.1 Å². The lowest BCUT2D eigenvalue weighted by molar-refractivity contribution is -0.158. The molecule has 7 heteroatoms. The van der Waals surface area contributed by atoms with Gasteiger partial charge in [-0.25, -0.2) is 9.78 Å². The summed E-state index contributed by atoms with van der Waals surface area (Å²) in [6.45, 7) is 11.3. The van der Waals surface area contributed by atoms with Crippen LogP contribution in [0.25, 0.3) is 11.5 Å². The minimum Gasteiger partial charge on any atom is -0.476 e. The first-order valence-corrected chi connectivity index (χ1v) is 12.5. The van der Waals surface area contributed by atoms with E-state index in [1.165, 1.54) is 0 Å². The van der Waals surface area contributed by atoms with Crippen molar-refractivity contribution in [2.24, 2.45) is 0 Å². The number of rotatable bonds is 11. The van der Waals surface area contributed by atoms with Crippen LogP contribution in [0, 0.1) is 13.8 Å². The van der Waals surface area contributed by atoms with Crippen LogP contribution in [0.4, 0.5) is 0 Å². The molecular formula is C30H34N2O5. The fourth-order valence-corrected chi connectivity index (χ4v) is 4.09. The topological polar surface area (TPSA) is 77.9 Å². The van der Waals surface area contributed by atoms with Crippen molar-refractivity contribution in [3.8, 4) is 17.2 Å². The van der Waals surface area contributed by atoms with Crippen molar-refractivity contribution in [2.45, 2.75) is 59.9 Å². The van der Waals surface area contributed by atoms with E-state index in [0.29, 0.717) is 37.9 Å². The van der Waals surface area contributed by atoms with E-state index in [-0.39, 0.29) is 5.97 Å². The number of oxazole rings is 1. The number of nitrogens with zero attached hydrogens (tertiary/aromatic N) is 2. The van der Waals surface area contributed by atoms with Crippen molar-refractivity contribution in [3.05, 3.63) is 95.3 Å². The van der Waals surface area contributed by atoms with E-state index >= 15 is 0 Å². The highest BCUT2D eigenvalue weighted by Gasteiger charge is 2.32. The second-order valence-corrected chi connectivity index (χ2v) is 9.55. The molecule has 7 nitrogen and oxygen atoms in total. The molecule has 2 heterocycles. The van der Waals surface area contributed by atoms with Gasteiger partial charge in [0.25, 0.3) is 0 Å². The van der Waals surface area contributed by atoms with E-state index < -0.39 is 5.60 Å². The van der Waals surface area contributed by atoms with Crippen LogP contribution >= 0.6 is 0 Å². The molecule has 0 aliphatic rings. The van der Waals surface area contributed by atoms with E-state index in [4.69, 9.17) is 23.3 Å². The molecule has 0 saturated heterocycles. The number of aryl methyl sites for hydroxylation is 2. The van der Waals surface area contributed by atoms with Gasteiger partial charge in [0.05, 0.1) is 25.1 Å². The fourth-order valence-electron chi connectivity index (χ4n) is 4.09. The predicted molar refractivity (Wildman–Crippen MR) is 141 cm³/mol. The molecule has 0 radical (unpaired) electrons. The second kappa shape index (κ2) is 11.5. The molecule has 2 aromatic carbocycles. The Morgan fingerprint density at radius 3 is 2.46 bits per heavy atom. The largest absolute Gasteiger partial charge is 0.476 e. The van der Waals surface area contributed by atoms with E-state index in [2.05, 4.69) is 11.0 Å². The van der Waals surface area contributed by atoms with Gasteiger partial charge in [0.2, 0.25) is 5.89 Å². The van der Waals surface area contributed by atoms with Gasteiger partial charge in [-0.2, -0.15) is 0 Å². The molecule has 0 amide bonds. The van der Waals surface area contributed by atoms with Crippen LogP contribution in [0.3, 0.4) is 0 Å². The van der Waals surface area contributed by atoms with Crippen LogP contribution in [-0.4, -0.2) is 28.1 Å². The van der Waals surface area contributed by atoms with Gasteiger partial charge in [0.1, 0.15) is 17.3 Å². The first kappa shape index (κ1) is 26.2. The summed E-state index contributed by atoms with van der Waals surface area (Å²) >= 11 is 0. The van der Waals surface area contributed by atoms with Crippen LogP contribution in [0.5, 0.6) is 5.75 Å². The predicted octanol–water partition coefficient (Wildman–Crippen LogP) is 6.47. The maximum absolute atomic E-state index is 12.3. The van der Waals surface area contributed by atoms with Gasteiger partial charge >= 0.3 is 5.97 Å². The zero-order valence-corrected chi connectivity index (χ0v) is 22.1. The average molecular weight is 503 g/mol. The summed E-state index contributed by atoms with van der Waals surface area (Å²) in [5.41, 5.74) is 2.81. The number of esters is 1. The Hall–Kier alpha value is -3.84. The lowest BCUT2D eigenvalue weighted by atomic mass is 10.1. The summed E-state index contributed by atoms with van der Waals surface area (Å²) in [5, 5.41) is 0. The smallest absolute Gasteiger partial charge is 0.349 e. The van der Waals surface area contributed by atoms with Crippen LogP contribution in [0.2, 0.25) is 0 Å². The summed E-state index contributed by atoms with van der Waals surface area (Å²) in [6.07, 6.45) is 1.68. The maximum atomic E-state index is 12.3. The van der Waals surface area contributed by atoms with E-state index in [0.717, 1.165) is 33.9 Å². The summed E-state index contributed by atoms with van der Waals surface area (Å²) in [7, 11) is 0.